The van der Waals surface area contributed by atoms with E-state index in [1.165, 1.54) is 49.4 Å². The van der Waals surface area contributed by atoms with Gasteiger partial charge in [0.05, 0.1) is 0 Å². The number of benzene rings is 5. The van der Waals surface area contributed by atoms with E-state index >= 15 is 0 Å². The zero-order valence-electron chi connectivity index (χ0n) is 20.6. The molecule has 0 aromatic heterocycles. The molecule has 0 heterocycles. The average Bonchev–Trinajstić information content (AvgIpc) is 2.92. The summed E-state index contributed by atoms with van der Waals surface area (Å²) in [7, 11) is 0. The molecule has 0 N–H and O–H groups in total. The van der Waals surface area contributed by atoms with Crippen LogP contribution in [-0.2, 0) is 0 Å². The summed E-state index contributed by atoms with van der Waals surface area (Å²) < 4.78 is 0. The van der Waals surface area contributed by atoms with Crippen molar-refractivity contribution in [1.82, 2.24) is 0 Å². The minimum absolute atomic E-state index is 0.139. The zero-order valence-corrected chi connectivity index (χ0v) is 20.6. The van der Waals surface area contributed by atoms with Gasteiger partial charge in [-0.1, -0.05) is 157 Å². The maximum absolute atomic E-state index is 2.38. The van der Waals surface area contributed by atoms with Crippen LogP contribution in [0.2, 0.25) is 0 Å². The number of rotatable bonds is 7. The summed E-state index contributed by atoms with van der Waals surface area (Å²) in [4.78, 5) is 0. The Morgan fingerprint density at radius 2 is 1.17 bits per heavy atom. The average molecular weight is 450 g/mol. The van der Waals surface area contributed by atoms with Crippen molar-refractivity contribution in [1.29, 1.82) is 0 Å². The van der Waals surface area contributed by atoms with Gasteiger partial charge in [-0.15, -0.1) is 0 Å². The Morgan fingerprint density at radius 3 is 1.86 bits per heavy atom. The van der Waals surface area contributed by atoms with Gasteiger partial charge < -0.3 is 0 Å². The molecule has 0 saturated carbocycles. The summed E-state index contributed by atoms with van der Waals surface area (Å²) in [6, 6.07) is 46.7. The summed E-state index contributed by atoms with van der Waals surface area (Å²) in [5.41, 5.74) is 9.37. The third-order valence-corrected chi connectivity index (χ3v) is 6.84. The fraction of sp³-hybridized carbons (Fsp3) is 0.118. The Kier molecular flexibility index (Phi) is 6.95. The van der Waals surface area contributed by atoms with Crippen molar-refractivity contribution in [2.24, 2.45) is 0 Å². The van der Waals surface area contributed by atoms with E-state index in [-0.39, 0.29) is 6.71 Å². The third kappa shape index (κ3) is 5.00. The maximum Gasteiger partial charge on any atom is 0.242 e. The first-order valence-electron chi connectivity index (χ1n) is 12.6. The van der Waals surface area contributed by atoms with Crippen LogP contribution in [0.5, 0.6) is 0 Å². The van der Waals surface area contributed by atoms with Crippen molar-refractivity contribution in [3.63, 3.8) is 0 Å². The van der Waals surface area contributed by atoms with Crippen LogP contribution < -0.4 is 10.9 Å². The van der Waals surface area contributed by atoms with E-state index in [1.807, 2.05) is 0 Å². The second-order valence-corrected chi connectivity index (χ2v) is 9.32. The molecule has 0 saturated heterocycles. The first-order chi connectivity index (χ1) is 17.2. The molecule has 0 atom stereocenters. The lowest BCUT2D eigenvalue weighted by atomic mass is 9.34. The fourth-order valence-corrected chi connectivity index (χ4v) is 5.13. The quantitative estimate of drug-likeness (QED) is 0.176. The lowest BCUT2D eigenvalue weighted by Gasteiger charge is -2.25. The minimum atomic E-state index is 0.139. The summed E-state index contributed by atoms with van der Waals surface area (Å²) in [5.74, 6) is 0. The highest BCUT2D eigenvalue weighted by atomic mass is 14.1. The Labute approximate surface area is 210 Å². The van der Waals surface area contributed by atoms with E-state index < -0.39 is 0 Å². The van der Waals surface area contributed by atoms with Crippen LogP contribution in [0.15, 0.2) is 127 Å². The van der Waals surface area contributed by atoms with Gasteiger partial charge >= 0.3 is 0 Å². The van der Waals surface area contributed by atoms with Gasteiger partial charge in [-0.05, 0) is 46.9 Å². The van der Waals surface area contributed by atoms with E-state index in [4.69, 9.17) is 0 Å². The molecule has 0 bridgehead atoms. The van der Waals surface area contributed by atoms with E-state index in [1.54, 1.807) is 0 Å². The molecule has 170 valence electrons. The number of hydrogen-bond acceptors (Lipinski definition) is 0. The molecule has 0 aliphatic heterocycles. The van der Waals surface area contributed by atoms with E-state index in [0.29, 0.717) is 0 Å². The van der Waals surface area contributed by atoms with Gasteiger partial charge in [-0.3, -0.25) is 0 Å². The largest absolute Gasteiger partial charge is 0.242 e. The highest BCUT2D eigenvalue weighted by molar-refractivity contribution is 7.00. The fourth-order valence-electron chi connectivity index (χ4n) is 5.13. The molecule has 0 nitrogen and oxygen atoms in total. The SMILES string of the molecule is CCC/C(=C(\B(c1ccccc1)c1ccc(C)cc1)c1ccc2ccccc2c1)c1ccccc1. The minimum Gasteiger partial charge on any atom is -0.0686 e. The summed E-state index contributed by atoms with van der Waals surface area (Å²) in [6.07, 6.45) is 2.12. The standard InChI is InChI=1S/C34H31B/c1-3-12-33(28-14-6-4-7-15-28)34(30-22-21-27-13-10-11-16-29(27)25-30)35(31-17-8-5-9-18-31)32-23-19-26(2)20-24-32/h4-11,13-25H,3,12H2,1-2H3/b34-33+. The summed E-state index contributed by atoms with van der Waals surface area (Å²) >= 11 is 0. The molecule has 0 aliphatic carbocycles. The van der Waals surface area contributed by atoms with E-state index in [9.17, 15) is 0 Å². The van der Waals surface area contributed by atoms with Crippen LogP contribution in [0.1, 0.15) is 36.5 Å². The molecule has 35 heavy (non-hydrogen) atoms. The molecule has 1 heteroatoms. The first-order valence-corrected chi connectivity index (χ1v) is 12.6. The smallest absolute Gasteiger partial charge is 0.0686 e. The van der Waals surface area contributed by atoms with Gasteiger partial charge in [0.25, 0.3) is 0 Å². The predicted octanol–water partition coefficient (Wildman–Crippen LogP) is 7.71. The number of aryl methyl sites for hydroxylation is 1. The van der Waals surface area contributed by atoms with Crippen LogP contribution >= 0.6 is 0 Å². The first kappa shape index (κ1) is 22.9. The summed E-state index contributed by atoms with van der Waals surface area (Å²) in [5, 5.41) is 2.56. The lowest BCUT2D eigenvalue weighted by Crippen LogP contribution is -2.44. The van der Waals surface area contributed by atoms with Gasteiger partial charge in [-0.2, -0.15) is 0 Å². The molecule has 5 aromatic carbocycles. The monoisotopic (exact) mass is 450 g/mol. The van der Waals surface area contributed by atoms with Gasteiger partial charge in [0.15, 0.2) is 0 Å². The van der Waals surface area contributed by atoms with Crippen molar-refractivity contribution >= 4 is 39.5 Å². The molecule has 0 spiro atoms. The Bertz CT molecular complexity index is 1430. The van der Waals surface area contributed by atoms with Crippen molar-refractivity contribution in [2.45, 2.75) is 26.7 Å². The van der Waals surface area contributed by atoms with Crippen molar-refractivity contribution < 1.29 is 0 Å². The Balaban J connectivity index is 1.85. The van der Waals surface area contributed by atoms with Crippen LogP contribution in [0.25, 0.3) is 21.8 Å². The van der Waals surface area contributed by atoms with Gasteiger partial charge in [0, 0.05) is 0 Å². The van der Waals surface area contributed by atoms with Gasteiger partial charge in [-0.25, -0.2) is 0 Å². The zero-order chi connectivity index (χ0) is 24.0. The molecular weight excluding hydrogens is 419 g/mol. The molecule has 0 unspecified atom stereocenters. The van der Waals surface area contributed by atoms with Crippen molar-refractivity contribution in [3.8, 4) is 0 Å². The Hall–Kier alpha value is -3.84. The number of allylic oxidation sites excluding steroid dienone is 1. The predicted molar refractivity (Wildman–Crippen MR) is 155 cm³/mol. The number of hydrogen-bond donors (Lipinski definition) is 0. The highest BCUT2D eigenvalue weighted by Crippen LogP contribution is 2.33. The van der Waals surface area contributed by atoms with Crippen LogP contribution in [0, 0.1) is 6.92 Å². The highest BCUT2D eigenvalue weighted by Gasteiger charge is 2.28. The molecule has 5 aromatic rings. The Morgan fingerprint density at radius 1 is 0.571 bits per heavy atom. The maximum atomic E-state index is 2.38. The van der Waals surface area contributed by atoms with E-state index in [2.05, 4.69) is 141 Å². The van der Waals surface area contributed by atoms with Gasteiger partial charge in [0.2, 0.25) is 6.71 Å². The van der Waals surface area contributed by atoms with Crippen LogP contribution in [0.4, 0.5) is 0 Å². The van der Waals surface area contributed by atoms with Crippen molar-refractivity contribution in [3.05, 3.63) is 144 Å². The topological polar surface area (TPSA) is 0 Å². The molecule has 0 aliphatic rings. The molecular formula is C34H31B. The molecule has 0 amide bonds. The summed E-state index contributed by atoms with van der Waals surface area (Å²) in [6.45, 7) is 4.58. The van der Waals surface area contributed by atoms with Gasteiger partial charge in [0.1, 0.15) is 0 Å². The van der Waals surface area contributed by atoms with Crippen molar-refractivity contribution in [2.75, 3.05) is 0 Å². The second-order valence-electron chi connectivity index (χ2n) is 9.32. The van der Waals surface area contributed by atoms with Crippen LogP contribution in [0.3, 0.4) is 0 Å². The van der Waals surface area contributed by atoms with Crippen LogP contribution in [-0.4, -0.2) is 6.71 Å². The lowest BCUT2D eigenvalue weighted by molar-refractivity contribution is 0.975. The second kappa shape index (κ2) is 10.6. The molecule has 5 rings (SSSR count). The molecule has 0 fully saturated rings. The number of fused-ring (bicyclic) bond motifs is 1. The van der Waals surface area contributed by atoms with E-state index in [0.717, 1.165) is 12.8 Å². The molecule has 0 radical (unpaired) electrons. The normalized spacial score (nSPS) is 11.8. The third-order valence-electron chi connectivity index (χ3n) is 6.84.